The molecule has 2 aliphatic heterocycles. The summed E-state index contributed by atoms with van der Waals surface area (Å²) in [6.45, 7) is 6.45. The van der Waals surface area contributed by atoms with Crippen LogP contribution in [0, 0.1) is 19.8 Å². The molecule has 0 aromatic heterocycles. The molecule has 0 aliphatic carbocycles. The topological polar surface area (TPSA) is 59.0 Å². The van der Waals surface area contributed by atoms with Crippen molar-refractivity contribution in [3.05, 3.63) is 29.3 Å². The maximum absolute atomic E-state index is 12.6. The molecule has 1 aromatic rings. The molecule has 0 bridgehead atoms. The van der Waals surface area contributed by atoms with Gasteiger partial charge in [-0.15, -0.1) is 0 Å². The van der Waals surface area contributed by atoms with Gasteiger partial charge in [-0.05, 0) is 56.4 Å². The van der Waals surface area contributed by atoms with Crippen LogP contribution in [0.15, 0.2) is 18.2 Å². The van der Waals surface area contributed by atoms with Gasteiger partial charge >= 0.3 is 0 Å². The highest BCUT2D eigenvalue weighted by atomic mass is 16.5. The molecule has 2 aliphatic rings. The molecule has 2 fully saturated rings. The molecule has 2 heterocycles. The summed E-state index contributed by atoms with van der Waals surface area (Å²) >= 11 is 0. The van der Waals surface area contributed by atoms with E-state index in [0.717, 1.165) is 25.1 Å². The molecule has 5 nitrogen and oxygen atoms in total. The van der Waals surface area contributed by atoms with Crippen molar-refractivity contribution in [2.45, 2.75) is 51.7 Å². The van der Waals surface area contributed by atoms with Crippen LogP contribution in [-0.4, -0.2) is 54.4 Å². The molecule has 2 saturated heterocycles. The van der Waals surface area contributed by atoms with Gasteiger partial charge in [-0.25, -0.2) is 0 Å². The average Bonchev–Trinajstić information content (AvgIpc) is 3.08. The summed E-state index contributed by atoms with van der Waals surface area (Å²) in [5.41, 5.74) is 2.42. The Hall–Kier alpha value is -1.59. The molecule has 5 heteroatoms. The normalized spacial score (nSPS) is 26.7. The van der Waals surface area contributed by atoms with Crippen molar-refractivity contribution in [2.24, 2.45) is 5.92 Å². The van der Waals surface area contributed by atoms with Crippen LogP contribution in [0.25, 0.3) is 0 Å². The number of aryl methyl sites for hydroxylation is 2. The van der Waals surface area contributed by atoms with Gasteiger partial charge in [-0.1, -0.05) is 6.07 Å². The van der Waals surface area contributed by atoms with Gasteiger partial charge in [0.05, 0.1) is 25.7 Å². The van der Waals surface area contributed by atoms with E-state index >= 15 is 0 Å². The van der Waals surface area contributed by atoms with Crippen LogP contribution >= 0.6 is 0 Å². The Morgan fingerprint density at radius 3 is 2.92 bits per heavy atom. The third-order valence-corrected chi connectivity index (χ3v) is 5.54. The zero-order valence-electron chi connectivity index (χ0n) is 15.2. The number of hydrogen-bond donors (Lipinski definition) is 1. The lowest BCUT2D eigenvalue weighted by Gasteiger charge is -2.37. The number of amides is 1. The summed E-state index contributed by atoms with van der Waals surface area (Å²) in [6, 6.07) is 6.09. The number of carbonyl (C=O) groups excluding carboxylic acids is 1. The number of ether oxygens (including phenoxy) is 2. The van der Waals surface area contributed by atoms with Crippen molar-refractivity contribution in [3.8, 4) is 5.75 Å². The fourth-order valence-corrected chi connectivity index (χ4v) is 3.87. The second-order valence-corrected chi connectivity index (χ2v) is 7.24. The molecular weight excluding hydrogens is 318 g/mol. The number of likely N-dealkylation sites (tertiary alicyclic amines) is 1. The summed E-state index contributed by atoms with van der Waals surface area (Å²) in [4.78, 5) is 14.6. The maximum atomic E-state index is 12.6. The minimum atomic E-state index is -0.362. The molecule has 1 N–H and O–H groups in total. The summed E-state index contributed by atoms with van der Waals surface area (Å²) in [7, 11) is 0. The maximum Gasteiger partial charge on any atom is 0.226 e. The van der Waals surface area contributed by atoms with Gasteiger partial charge < -0.3 is 19.5 Å². The Morgan fingerprint density at radius 2 is 2.16 bits per heavy atom. The summed E-state index contributed by atoms with van der Waals surface area (Å²) in [5, 5.41) is 10.3. The average molecular weight is 347 g/mol. The van der Waals surface area contributed by atoms with E-state index in [-0.39, 0.29) is 24.0 Å². The van der Waals surface area contributed by atoms with Gasteiger partial charge in [0.25, 0.3) is 0 Å². The van der Waals surface area contributed by atoms with Crippen molar-refractivity contribution in [1.82, 2.24) is 4.90 Å². The third kappa shape index (κ3) is 4.33. The first-order chi connectivity index (χ1) is 12.1. The number of aliphatic hydroxyl groups is 1. The van der Waals surface area contributed by atoms with Gasteiger partial charge in [0.2, 0.25) is 5.91 Å². The monoisotopic (exact) mass is 347 g/mol. The van der Waals surface area contributed by atoms with Crippen molar-refractivity contribution in [1.29, 1.82) is 0 Å². The minimum Gasteiger partial charge on any atom is -0.493 e. The van der Waals surface area contributed by atoms with Gasteiger partial charge in [0.15, 0.2) is 0 Å². The molecule has 0 unspecified atom stereocenters. The van der Waals surface area contributed by atoms with E-state index in [1.807, 2.05) is 23.1 Å². The summed E-state index contributed by atoms with van der Waals surface area (Å²) in [6.07, 6.45) is 2.62. The predicted octanol–water partition coefficient (Wildman–Crippen LogP) is 2.46. The van der Waals surface area contributed by atoms with E-state index in [0.29, 0.717) is 32.7 Å². The van der Waals surface area contributed by atoms with E-state index < -0.39 is 0 Å². The number of aliphatic hydroxyl groups excluding tert-OH is 1. The van der Waals surface area contributed by atoms with Crippen LogP contribution in [0.5, 0.6) is 5.75 Å². The SMILES string of the molecule is Cc1ccc(OCCC(=O)N2CCC[C@@H]2[C@@H]2COCC[C@@H]2O)cc1C. The quantitative estimate of drug-likeness (QED) is 0.889. The molecule has 0 saturated carbocycles. The van der Waals surface area contributed by atoms with E-state index in [9.17, 15) is 9.90 Å². The lowest BCUT2D eigenvalue weighted by molar-refractivity contribution is -0.136. The highest BCUT2D eigenvalue weighted by molar-refractivity contribution is 5.77. The van der Waals surface area contributed by atoms with E-state index in [4.69, 9.17) is 9.47 Å². The second kappa shape index (κ2) is 8.19. The van der Waals surface area contributed by atoms with Crippen LogP contribution in [0.2, 0.25) is 0 Å². The van der Waals surface area contributed by atoms with E-state index in [2.05, 4.69) is 13.8 Å². The Balaban J connectivity index is 1.52. The number of carbonyl (C=O) groups is 1. The first-order valence-corrected chi connectivity index (χ1v) is 9.31. The van der Waals surface area contributed by atoms with Crippen LogP contribution in [-0.2, 0) is 9.53 Å². The predicted molar refractivity (Wildman–Crippen MR) is 95.7 cm³/mol. The Kier molecular flexibility index (Phi) is 5.97. The highest BCUT2D eigenvalue weighted by Gasteiger charge is 2.39. The van der Waals surface area contributed by atoms with Gasteiger partial charge in [-0.2, -0.15) is 0 Å². The molecule has 3 atom stereocenters. The Labute approximate surface area is 149 Å². The summed E-state index contributed by atoms with van der Waals surface area (Å²) < 4.78 is 11.3. The number of benzene rings is 1. The summed E-state index contributed by atoms with van der Waals surface area (Å²) in [5.74, 6) is 0.968. The van der Waals surface area contributed by atoms with Crippen LogP contribution < -0.4 is 4.74 Å². The minimum absolute atomic E-state index is 0.0425. The van der Waals surface area contributed by atoms with Crippen molar-refractivity contribution >= 4 is 5.91 Å². The van der Waals surface area contributed by atoms with Gasteiger partial charge in [0, 0.05) is 25.1 Å². The van der Waals surface area contributed by atoms with Gasteiger partial charge in [-0.3, -0.25) is 4.79 Å². The fourth-order valence-electron chi connectivity index (χ4n) is 3.87. The third-order valence-electron chi connectivity index (χ3n) is 5.54. The number of nitrogens with zero attached hydrogens (tertiary/aromatic N) is 1. The first kappa shape index (κ1) is 18.2. The highest BCUT2D eigenvalue weighted by Crippen LogP contribution is 2.30. The fraction of sp³-hybridized carbons (Fsp3) is 0.650. The number of hydrogen-bond acceptors (Lipinski definition) is 4. The smallest absolute Gasteiger partial charge is 0.226 e. The zero-order valence-corrected chi connectivity index (χ0v) is 15.2. The largest absolute Gasteiger partial charge is 0.493 e. The van der Waals surface area contributed by atoms with Crippen LogP contribution in [0.1, 0.15) is 36.8 Å². The molecular formula is C20H29NO4. The van der Waals surface area contributed by atoms with Crippen LogP contribution in [0.3, 0.4) is 0 Å². The van der Waals surface area contributed by atoms with Crippen molar-refractivity contribution in [2.75, 3.05) is 26.4 Å². The number of rotatable bonds is 5. The van der Waals surface area contributed by atoms with Crippen LogP contribution in [0.4, 0.5) is 0 Å². The molecule has 1 amide bonds. The first-order valence-electron chi connectivity index (χ1n) is 9.31. The van der Waals surface area contributed by atoms with E-state index in [1.54, 1.807) is 0 Å². The van der Waals surface area contributed by atoms with Gasteiger partial charge in [0.1, 0.15) is 5.75 Å². The molecule has 3 rings (SSSR count). The van der Waals surface area contributed by atoms with E-state index in [1.165, 1.54) is 11.1 Å². The molecule has 138 valence electrons. The zero-order chi connectivity index (χ0) is 17.8. The molecule has 1 aromatic carbocycles. The Bertz CT molecular complexity index is 603. The lowest BCUT2D eigenvalue weighted by Crippen LogP contribution is -2.48. The molecule has 0 spiro atoms. The second-order valence-electron chi connectivity index (χ2n) is 7.24. The standard InChI is InChI=1S/C20H29NO4/c1-14-5-6-16(12-15(14)2)25-11-8-20(23)21-9-3-4-18(21)17-13-24-10-7-19(17)22/h5-6,12,17-19,22H,3-4,7-11,13H2,1-2H3/t17-,18+,19-/m0/s1. The van der Waals surface area contributed by atoms with Crippen molar-refractivity contribution < 1.29 is 19.4 Å². The molecule has 0 radical (unpaired) electrons. The lowest BCUT2D eigenvalue weighted by atomic mass is 9.89. The Morgan fingerprint density at radius 1 is 1.32 bits per heavy atom. The molecule has 25 heavy (non-hydrogen) atoms. The van der Waals surface area contributed by atoms with Crippen molar-refractivity contribution in [3.63, 3.8) is 0 Å².